The van der Waals surface area contributed by atoms with Crippen molar-refractivity contribution in [2.45, 2.75) is 45.8 Å². The van der Waals surface area contributed by atoms with Crippen LogP contribution in [0.1, 0.15) is 44.1 Å². The first-order chi connectivity index (χ1) is 19.5. The van der Waals surface area contributed by atoms with Crippen LogP contribution in [0, 0.1) is 11.8 Å². The van der Waals surface area contributed by atoms with E-state index in [0.29, 0.717) is 42.5 Å². The maximum atomic E-state index is 12.2. The van der Waals surface area contributed by atoms with Crippen LogP contribution in [0.3, 0.4) is 0 Å². The SMILES string of the molecule is COc1c(Nc2cc(NC(=O)C3CC3)nnc2C(=O)O)cccc1-c1ncn(CC2CN(C(=O)OC(C)(C)C)C2)n1.[Zn]. The van der Waals surface area contributed by atoms with Gasteiger partial charge in [0.1, 0.15) is 11.9 Å². The van der Waals surface area contributed by atoms with Crippen molar-refractivity contribution >= 4 is 35.2 Å². The normalized spacial score (nSPS) is 14.8. The Morgan fingerprint density at radius 2 is 1.86 bits per heavy atom. The number of carbonyl (C=O) groups excluding carboxylic acids is 2. The number of nitrogens with one attached hydrogen (secondary N) is 2. The Hall–Kier alpha value is -4.13. The van der Waals surface area contributed by atoms with Crippen molar-refractivity contribution in [1.29, 1.82) is 0 Å². The second kappa shape index (κ2) is 12.4. The topological polar surface area (TPSA) is 174 Å². The van der Waals surface area contributed by atoms with Gasteiger partial charge in [-0.05, 0) is 45.7 Å². The summed E-state index contributed by atoms with van der Waals surface area (Å²) in [6, 6.07) is 6.69. The number of hydrogen-bond acceptors (Lipinski definition) is 10. The van der Waals surface area contributed by atoms with Gasteiger partial charge in [-0.15, -0.1) is 10.2 Å². The molecule has 3 N–H and O–H groups in total. The molecule has 2 amide bonds. The van der Waals surface area contributed by atoms with Crippen molar-refractivity contribution in [3.63, 3.8) is 0 Å². The first-order valence-corrected chi connectivity index (χ1v) is 13.2. The number of amides is 2. The summed E-state index contributed by atoms with van der Waals surface area (Å²) in [6.07, 6.45) is 2.93. The van der Waals surface area contributed by atoms with E-state index in [1.165, 1.54) is 13.2 Å². The van der Waals surface area contributed by atoms with Gasteiger partial charge in [-0.1, -0.05) is 6.07 Å². The molecule has 0 unspecified atom stereocenters. The van der Waals surface area contributed by atoms with Crippen LogP contribution in [0.4, 0.5) is 22.0 Å². The van der Waals surface area contributed by atoms with Gasteiger partial charge in [-0.25, -0.2) is 14.6 Å². The third-order valence-electron chi connectivity index (χ3n) is 6.52. The molecule has 3 heterocycles. The molecule has 218 valence electrons. The van der Waals surface area contributed by atoms with Gasteiger partial charge in [-0.2, -0.15) is 5.10 Å². The molecule has 1 saturated heterocycles. The molecule has 1 saturated carbocycles. The van der Waals surface area contributed by atoms with Gasteiger partial charge < -0.3 is 30.1 Å². The standard InChI is InChI=1S/C27H32N8O6.Zn/c1-27(2,3)41-26(39)34-11-15(12-34)13-35-14-28-23(33-35)17-6-5-7-18(22(17)40-4)29-19-10-20(30-24(36)16-8-9-16)31-32-21(19)25(37)38;/h5-7,10,14-16H,8-9,11-13H2,1-4H3,(H,37,38)(H2,29,30,31,36);. The summed E-state index contributed by atoms with van der Waals surface area (Å²) in [5, 5.41) is 27.6. The summed E-state index contributed by atoms with van der Waals surface area (Å²) < 4.78 is 12.8. The fraction of sp³-hybridized carbons (Fsp3) is 0.444. The van der Waals surface area contributed by atoms with Crippen molar-refractivity contribution in [1.82, 2.24) is 29.9 Å². The van der Waals surface area contributed by atoms with Crippen molar-refractivity contribution in [3.8, 4) is 17.1 Å². The summed E-state index contributed by atoms with van der Waals surface area (Å²) in [7, 11) is 1.49. The number of rotatable bonds is 9. The number of benzene rings is 1. The molecule has 0 radical (unpaired) electrons. The molecule has 15 heteroatoms. The zero-order chi connectivity index (χ0) is 29.3. The predicted octanol–water partition coefficient (Wildman–Crippen LogP) is 3.40. The molecule has 0 bridgehead atoms. The van der Waals surface area contributed by atoms with E-state index >= 15 is 0 Å². The third-order valence-corrected chi connectivity index (χ3v) is 6.52. The molecule has 0 atom stereocenters. The Balaban J connectivity index is 0.00000405. The van der Waals surface area contributed by atoms with E-state index in [1.54, 1.807) is 34.1 Å². The quantitative estimate of drug-likeness (QED) is 0.296. The fourth-order valence-corrected chi connectivity index (χ4v) is 4.39. The number of carboxylic acid groups (broad SMARTS) is 1. The van der Waals surface area contributed by atoms with E-state index in [4.69, 9.17) is 9.47 Å². The number of ether oxygens (including phenoxy) is 2. The molecule has 2 aliphatic rings. The van der Waals surface area contributed by atoms with Crippen LogP contribution in [0.25, 0.3) is 11.4 Å². The first kappa shape index (κ1) is 30.8. The number of likely N-dealkylation sites (tertiary alicyclic amines) is 1. The van der Waals surface area contributed by atoms with Gasteiger partial charge in [0.25, 0.3) is 0 Å². The van der Waals surface area contributed by atoms with E-state index < -0.39 is 11.6 Å². The molecule has 3 aromatic rings. The average Bonchev–Trinajstić information content (AvgIpc) is 3.63. The summed E-state index contributed by atoms with van der Waals surface area (Å²) in [5.74, 6) is -0.337. The number of carboxylic acids is 1. The number of aromatic carboxylic acids is 1. The maximum absolute atomic E-state index is 12.2. The number of anilines is 3. The van der Waals surface area contributed by atoms with Crippen molar-refractivity contribution in [2.24, 2.45) is 11.8 Å². The van der Waals surface area contributed by atoms with E-state index in [0.717, 1.165) is 12.8 Å². The van der Waals surface area contributed by atoms with Gasteiger partial charge in [0.15, 0.2) is 23.1 Å². The Kier molecular flexibility index (Phi) is 9.10. The monoisotopic (exact) mass is 628 g/mol. The minimum Gasteiger partial charge on any atom is -0.494 e. The van der Waals surface area contributed by atoms with Crippen LogP contribution >= 0.6 is 0 Å². The maximum Gasteiger partial charge on any atom is 0.410 e. The van der Waals surface area contributed by atoms with Crippen LogP contribution in [-0.4, -0.2) is 78.7 Å². The summed E-state index contributed by atoms with van der Waals surface area (Å²) in [4.78, 5) is 42.3. The van der Waals surface area contributed by atoms with Gasteiger partial charge in [0.05, 0.1) is 24.0 Å². The molecule has 5 rings (SSSR count). The predicted molar refractivity (Wildman–Crippen MR) is 147 cm³/mol. The largest absolute Gasteiger partial charge is 0.494 e. The average molecular weight is 630 g/mol. The summed E-state index contributed by atoms with van der Waals surface area (Å²) >= 11 is 0. The molecular weight excluding hydrogens is 598 g/mol. The van der Waals surface area contributed by atoms with Crippen LogP contribution < -0.4 is 15.4 Å². The smallest absolute Gasteiger partial charge is 0.410 e. The zero-order valence-corrected chi connectivity index (χ0v) is 26.9. The number of para-hydroxylation sites is 1. The molecule has 1 aliphatic carbocycles. The molecule has 14 nitrogen and oxygen atoms in total. The third kappa shape index (κ3) is 7.19. The van der Waals surface area contributed by atoms with E-state index in [1.807, 2.05) is 20.8 Å². The number of methoxy groups -OCH3 is 1. The fourth-order valence-electron chi connectivity index (χ4n) is 4.39. The minimum absolute atomic E-state index is 0. The van der Waals surface area contributed by atoms with Crippen LogP contribution in [0.5, 0.6) is 5.75 Å². The Labute approximate surface area is 254 Å². The molecule has 2 aromatic heterocycles. The van der Waals surface area contributed by atoms with E-state index in [-0.39, 0.29) is 60.5 Å². The molecule has 2 fully saturated rings. The number of hydrogen-bond donors (Lipinski definition) is 3. The molecular formula is C27H32N8O6Zn. The number of nitrogens with zero attached hydrogens (tertiary/aromatic N) is 6. The van der Waals surface area contributed by atoms with Crippen molar-refractivity contribution < 1.29 is 48.4 Å². The summed E-state index contributed by atoms with van der Waals surface area (Å²) in [6.45, 7) is 7.23. The number of aromatic nitrogens is 5. The summed E-state index contributed by atoms with van der Waals surface area (Å²) in [5.41, 5.74) is 0.310. The Morgan fingerprint density at radius 3 is 2.50 bits per heavy atom. The first-order valence-electron chi connectivity index (χ1n) is 13.2. The number of carbonyl (C=O) groups is 3. The van der Waals surface area contributed by atoms with Gasteiger partial charge >= 0.3 is 12.1 Å². The molecule has 1 aromatic carbocycles. The minimum atomic E-state index is -1.28. The second-order valence-electron chi connectivity index (χ2n) is 11.1. The molecule has 42 heavy (non-hydrogen) atoms. The second-order valence-corrected chi connectivity index (χ2v) is 11.1. The van der Waals surface area contributed by atoms with Gasteiger partial charge in [-0.3, -0.25) is 9.48 Å². The zero-order valence-electron chi connectivity index (χ0n) is 24.0. The van der Waals surface area contributed by atoms with Crippen molar-refractivity contribution in [3.05, 3.63) is 36.3 Å². The Morgan fingerprint density at radius 1 is 1.12 bits per heavy atom. The molecule has 1 aliphatic heterocycles. The van der Waals surface area contributed by atoms with Crippen molar-refractivity contribution in [2.75, 3.05) is 30.8 Å². The van der Waals surface area contributed by atoms with Crippen LogP contribution in [0.15, 0.2) is 30.6 Å². The van der Waals surface area contributed by atoms with Crippen LogP contribution in [-0.2, 0) is 35.6 Å². The molecule has 0 spiro atoms. The van der Waals surface area contributed by atoms with Gasteiger partial charge in [0.2, 0.25) is 5.91 Å². The van der Waals surface area contributed by atoms with E-state index in [2.05, 4.69) is 30.9 Å². The Bertz CT molecular complexity index is 1480. The van der Waals surface area contributed by atoms with Gasteiger partial charge in [0, 0.05) is 57.0 Å². The van der Waals surface area contributed by atoms with Crippen LogP contribution in [0.2, 0.25) is 0 Å². The van der Waals surface area contributed by atoms with E-state index in [9.17, 15) is 19.5 Å².